The molecule has 1 aromatic rings. The second-order valence-electron chi connectivity index (χ2n) is 13.0. The van der Waals surface area contributed by atoms with E-state index in [0.717, 1.165) is 5.57 Å². The summed E-state index contributed by atoms with van der Waals surface area (Å²) in [6.07, 6.45) is 4.43. The van der Waals surface area contributed by atoms with Crippen molar-refractivity contribution in [3.8, 4) is 17.8 Å². The van der Waals surface area contributed by atoms with Gasteiger partial charge in [0.25, 0.3) is 0 Å². The molecule has 15 nitrogen and oxygen atoms in total. The van der Waals surface area contributed by atoms with Gasteiger partial charge in [-0.3, -0.25) is 14.6 Å². The lowest BCUT2D eigenvalue weighted by atomic mass is 9.75. The highest BCUT2D eigenvalue weighted by molar-refractivity contribution is 8.15. The fourth-order valence-electron chi connectivity index (χ4n) is 5.43. The molecule has 0 spiro atoms. The molecule has 16 heteroatoms. The number of amides is 2. The Bertz CT molecular complexity index is 1660. The van der Waals surface area contributed by atoms with E-state index in [0.29, 0.717) is 26.7 Å². The zero-order valence-electron chi connectivity index (χ0n) is 30.4. The molecule has 0 saturated carbocycles. The molecule has 2 N–H and O–H groups in total. The fourth-order valence-corrected chi connectivity index (χ4v) is 6.42. The van der Waals surface area contributed by atoms with Crippen molar-refractivity contribution in [3.05, 3.63) is 59.4 Å². The number of hydrogen-bond donors (Lipinski definition) is 2. The molecule has 282 valence electrons. The summed E-state index contributed by atoms with van der Waals surface area (Å²) < 4.78 is 17.4. The molecule has 0 aromatic carbocycles. The number of ether oxygens (including phenoxy) is 3. The SMILES string of the molecule is C=C(C)C(=O)C(=C(C)C)C(C)(C)CC(=O)N(C)CCN(CCOCCOCCC(=O)On1c(O)ccc1O)C(=O)OC1=CC2SC(C#N)=NC2C=C1. The molecule has 2 aliphatic rings. The minimum atomic E-state index is -0.755. The summed E-state index contributed by atoms with van der Waals surface area (Å²) in [6, 6.07) is 4.18. The van der Waals surface area contributed by atoms with Gasteiger partial charge in [0, 0.05) is 56.2 Å². The Labute approximate surface area is 307 Å². The number of carbonyl (C=O) groups is 4. The summed E-state index contributed by atoms with van der Waals surface area (Å²) in [5.74, 6) is -1.66. The standard InChI is InChI=1S/C36H47N5O10S/c1-23(2)33(34(46)24(3)4)36(5,6)21-31(44)39(7)13-14-40(35(47)50-25-8-9-26-27(20-25)52-28(22-37)38-26)15-17-49-19-18-48-16-12-32(45)51-41-29(42)10-11-30(41)43/h8-11,20,26-27,42-43H,3,12-19,21H2,1-2,4-7H3. The van der Waals surface area contributed by atoms with Gasteiger partial charge in [0.1, 0.15) is 11.8 Å². The van der Waals surface area contributed by atoms with Gasteiger partial charge in [-0.1, -0.05) is 43.8 Å². The number of likely N-dealkylation sites (N-methyl/N-ethyl adjacent to an activating group) is 1. The van der Waals surface area contributed by atoms with Crippen molar-refractivity contribution in [1.82, 2.24) is 14.5 Å². The summed E-state index contributed by atoms with van der Waals surface area (Å²) in [5.41, 5.74) is 1.01. The van der Waals surface area contributed by atoms with E-state index in [4.69, 9.17) is 19.0 Å². The number of Topliss-reactive ketones (excluding diaryl/α,β-unsaturated/α-hetero) is 1. The van der Waals surface area contributed by atoms with Crippen LogP contribution in [0.1, 0.15) is 47.5 Å². The molecule has 0 saturated heterocycles. The third kappa shape index (κ3) is 11.9. The fraction of sp³-hybridized carbons (Fsp3) is 0.500. The van der Waals surface area contributed by atoms with E-state index in [1.807, 2.05) is 33.8 Å². The number of fused-ring (bicyclic) bond motifs is 1. The Morgan fingerprint density at radius 1 is 1.04 bits per heavy atom. The predicted molar refractivity (Wildman–Crippen MR) is 193 cm³/mol. The van der Waals surface area contributed by atoms with Crippen molar-refractivity contribution in [1.29, 1.82) is 5.26 Å². The van der Waals surface area contributed by atoms with E-state index >= 15 is 0 Å². The highest BCUT2D eigenvalue weighted by Crippen LogP contribution is 2.35. The Kier molecular flexibility index (Phi) is 15.3. The van der Waals surface area contributed by atoms with Gasteiger partial charge >= 0.3 is 12.1 Å². The Balaban J connectivity index is 1.54. The number of carbonyl (C=O) groups excluding carboxylic acids is 4. The van der Waals surface area contributed by atoms with Crippen LogP contribution in [0, 0.1) is 16.7 Å². The van der Waals surface area contributed by atoms with E-state index in [1.54, 1.807) is 32.2 Å². The molecule has 1 aliphatic carbocycles. The van der Waals surface area contributed by atoms with E-state index < -0.39 is 29.2 Å². The molecule has 2 heterocycles. The molecule has 0 bridgehead atoms. The van der Waals surface area contributed by atoms with Gasteiger partial charge in [0.05, 0.1) is 44.1 Å². The molecule has 0 fully saturated rings. The van der Waals surface area contributed by atoms with Crippen molar-refractivity contribution >= 4 is 40.6 Å². The average molecular weight is 742 g/mol. The molecule has 2 unspecified atom stereocenters. The third-order valence-corrected chi connectivity index (χ3v) is 9.14. The normalized spacial score (nSPS) is 16.2. The molecule has 2 atom stereocenters. The van der Waals surface area contributed by atoms with Crippen molar-refractivity contribution in [2.24, 2.45) is 10.4 Å². The Morgan fingerprint density at radius 2 is 1.69 bits per heavy atom. The predicted octanol–water partition coefficient (Wildman–Crippen LogP) is 3.93. The number of aromatic nitrogens is 1. The molecule has 1 aliphatic heterocycles. The summed E-state index contributed by atoms with van der Waals surface area (Å²) >= 11 is 1.29. The van der Waals surface area contributed by atoms with Crippen LogP contribution >= 0.6 is 11.8 Å². The summed E-state index contributed by atoms with van der Waals surface area (Å²) in [7, 11) is 1.63. The summed E-state index contributed by atoms with van der Waals surface area (Å²) in [4.78, 5) is 63.7. The molecular formula is C36H47N5O10S. The summed E-state index contributed by atoms with van der Waals surface area (Å²) in [5, 5.41) is 28.5. The number of hydrogen-bond acceptors (Lipinski definition) is 13. The molecule has 0 radical (unpaired) electrons. The highest BCUT2D eigenvalue weighted by Gasteiger charge is 2.34. The van der Waals surface area contributed by atoms with Crippen LogP contribution in [0.5, 0.6) is 11.8 Å². The van der Waals surface area contributed by atoms with Gasteiger partial charge in [-0.2, -0.15) is 5.26 Å². The van der Waals surface area contributed by atoms with E-state index in [-0.39, 0.29) is 81.9 Å². The Hall–Kier alpha value is -4.85. The van der Waals surface area contributed by atoms with Crippen LogP contribution in [0.3, 0.4) is 0 Å². The van der Waals surface area contributed by atoms with Crippen molar-refractivity contribution in [2.75, 3.05) is 53.1 Å². The lowest BCUT2D eigenvalue weighted by Crippen LogP contribution is -2.42. The largest absolute Gasteiger partial charge is 0.492 e. The van der Waals surface area contributed by atoms with Crippen molar-refractivity contribution < 1.29 is 48.4 Å². The topological polar surface area (TPSA) is 193 Å². The highest BCUT2D eigenvalue weighted by atomic mass is 32.2. The zero-order chi connectivity index (χ0) is 38.6. The smallest absolute Gasteiger partial charge is 0.415 e. The first-order valence-electron chi connectivity index (χ1n) is 16.6. The van der Waals surface area contributed by atoms with Gasteiger partial charge < -0.3 is 39.1 Å². The number of thioether (sulfide) groups is 1. The van der Waals surface area contributed by atoms with Crippen molar-refractivity contribution in [2.45, 2.75) is 58.8 Å². The number of nitrogens with zero attached hydrogens (tertiary/aromatic N) is 5. The maximum absolute atomic E-state index is 13.4. The first kappa shape index (κ1) is 41.6. The lowest BCUT2D eigenvalue weighted by Gasteiger charge is -2.31. The van der Waals surface area contributed by atoms with E-state index in [9.17, 15) is 34.7 Å². The van der Waals surface area contributed by atoms with Crippen LogP contribution in [-0.4, -0.2) is 118 Å². The van der Waals surface area contributed by atoms with Crippen LogP contribution in [0.2, 0.25) is 0 Å². The first-order valence-corrected chi connectivity index (χ1v) is 17.5. The van der Waals surface area contributed by atoms with Crippen molar-refractivity contribution in [3.63, 3.8) is 0 Å². The molecule has 1 aromatic heterocycles. The quantitative estimate of drug-likeness (QED) is 0.154. The second kappa shape index (κ2) is 19.1. The minimum Gasteiger partial charge on any atom is -0.492 e. The van der Waals surface area contributed by atoms with Crippen LogP contribution in [0.25, 0.3) is 0 Å². The summed E-state index contributed by atoms with van der Waals surface area (Å²) in [6.45, 7) is 13.6. The average Bonchev–Trinajstić information content (AvgIpc) is 3.63. The third-order valence-electron chi connectivity index (χ3n) is 8.03. The maximum Gasteiger partial charge on any atom is 0.415 e. The van der Waals surface area contributed by atoms with Gasteiger partial charge in [0.2, 0.25) is 17.7 Å². The molecule has 3 rings (SSSR count). The van der Waals surface area contributed by atoms with E-state index in [2.05, 4.69) is 11.6 Å². The zero-order valence-corrected chi connectivity index (χ0v) is 31.2. The first-order chi connectivity index (χ1) is 24.5. The molecule has 52 heavy (non-hydrogen) atoms. The van der Waals surface area contributed by atoms with Gasteiger partial charge in [-0.25, -0.2) is 9.59 Å². The maximum atomic E-state index is 13.4. The number of aromatic hydroxyl groups is 2. The number of ketones is 1. The van der Waals surface area contributed by atoms with Crippen LogP contribution in [0.4, 0.5) is 4.79 Å². The minimum absolute atomic E-state index is 0.000732. The molecule has 2 amide bonds. The second-order valence-corrected chi connectivity index (χ2v) is 14.2. The molecular weight excluding hydrogens is 694 g/mol. The van der Waals surface area contributed by atoms with Crippen LogP contribution < -0.4 is 4.84 Å². The Morgan fingerprint density at radius 3 is 2.31 bits per heavy atom. The number of aliphatic imine (C=N–C) groups is 1. The number of rotatable bonds is 19. The van der Waals surface area contributed by atoms with Crippen LogP contribution in [0.15, 0.2) is 64.4 Å². The van der Waals surface area contributed by atoms with Gasteiger partial charge in [-0.05, 0) is 38.5 Å². The number of allylic oxidation sites excluding steroid dienone is 4. The van der Waals surface area contributed by atoms with E-state index in [1.165, 1.54) is 33.7 Å². The van der Waals surface area contributed by atoms with Crippen LogP contribution in [-0.2, 0) is 28.6 Å². The lowest BCUT2D eigenvalue weighted by molar-refractivity contribution is -0.146. The van der Waals surface area contributed by atoms with Gasteiger partial charge in [0.15, 0.2) is 10.8 Å². The number of nitriles is 1. The monoisotopic (exact) mass is 741 g/mol. The van der Waals surface area contributed by atoms with Gasteiger partial charge in [-0.15, -0.1) is 4.73 Å².